The van der Waals surface area contributed by atoms with Crippen LogP contribution in [-0.2, 0) is 17.8 Å². The second-order valence-corrected chi connectivity index (χ2v) is 5.46. The van der Waals surface area contributed by atoms with Gasteiger partial charge in [0, 0.05) is 18.0 Å². The minimum absolute atomic E-state index is 0.0142. The van der Waals surface area contributed by atoms with Gasteiger partial charge in [-0.15, -0.1) is 0 Å². The molecule has 0 aliphatic carbocycles. The highest BCUT2D eigenvalue weighted by Gasteiger charge is 2.07. The van der Waals surface area contributed by atoms with Crippen LogP contribution in [0.4, 0.5) is 0 Å². The van der Waals surface area contributed by atoms with Crippen molar-refractivity contribution in [3.05, 3.63) is 58.6 Å². The summed E-state index contributed by atoms with van der Waals surface area (Å²) in [7, 11) is 3.18. The van der Waals surface area contributed by atoms with Crippen LogP contribution in [0.15, 0.2) is 42.5 Å². The molecule has 2 rings (SSSR count). The number of hydrogen-bond acceptors (Lipinski definition) is 3. The van der Waals surface area contributed by atoms with E-state index in [-0.39, 0.29) is 5.91 Å². The first kappa shape index (κ1) is 17.2. The number of halogens is 1. The van der Waals surface area contributed by atoms with Crippen molar-refractivity contribution >= 4 is 17.5 Å². The number of carbonyl (C=O) groups is 1. The van der Waals surface area contributed by atoms with Crippen LogP contribution in [0.5, 0.6) is 11.5 Å². The monoisotopic (exact) mass is 333 g/mol. The first-order valence-corrected chi connectivity index (χ1v) is 7.73. The summed E-state index contributed by atoms with van der Waals surface area (Å²) in [4.78, 5) is 12.0. The molecule has 5 heteroatoms. The first-order chi connectivity index (χ1) is 11.1. The number of methoxy groups -OCH3 is 2. The smallest absolute Gasteiger partial charge is 0.220 e. The van der Waals surface area contributed by atoms with Crippen LogP contribution in [0.3, 0.4) is 0 Å². The van der Waals surface area contributed by atoms with E-state index in [1.165, 1.54) is 0 Å². The quantitative estimate of drug-likeness (QED) is 0.842. The van der Waals surface area contributed by atoms with Crippen LogP contribution >= 0.6 is 11.6 Å². The van der Waals surface area contributed by atoms with Gasteiger partial charge in [0.1, 0.15) is 0 Å². The van der Waals surface area contributed by atoms with E-state index >= 15 is 0 Å². The van der Waals surface area contributed by atoms with Gasteiger partial charge in [-0.2, -0.15) is 0 Å². The minimum Gasteiger partial charge on any atom is -0.493 e. The lowest BCUT2D eigenvalue weighted by atomic mass is 10.1. The fraction of sp³-hybridized carbons (Fsp3) is 0.278. The highest BCUT2D eigenvalue weighted by atomic mass is 35.5. The molecule has 1 amide bonds. The zero-order chi connectivity index (χ0) is 16.7. The van der Waals surface area contributed by atoms with Gasteiger partial charge in [0.2, 0.25) is 5.91 Å². The van der Waals surface area contributed by atoms with Crippen molar-refractivity contribution in [3.8, 4) is 11.5 Å². The van der Waals surface area contributed by atoms with Crippen LogP contribution in [0.2, 0.25) is 5.02 Å². The molecule has 0 aliphatic heterocycles. The number of rotatable bonds is 7. The summed E-state index contributed by atoms with van der Waals surface area (Å²) in [6, 6.07) is 13.1. The van der Waals surface area contributed by atoms with E-state index in [9.17, 15) is 4.79 Å². The van der Waals surface area contributed by atoms with E-state index in [2.05, 4.69) is 5.32 Å². The molecule has 0 saturated heterocycles. The van der Waals surface area contributed by atoms with E-state index in [0.717, 1.165) is 11.1 Å². The number of hydrogen-bond donors (Lipinski definition) is 1. The highest BCUT2D eigenvalue weighted by molar-refractivity contribution is 6.31. The van der Waals surface area contributed by atoms with E-state index in [0.29, 0.717) is 35.9 Å². The van der Waals surface area contributed by atoms with Crippen molar-refractivity contribution in [1.29, 1.82) is 0 Å². The molecule has 0 aliphatic rings. The Balaban J connectivity index is 1.86. The van der Waals surface area contributed by atoms with Crippen molar-refractivity contribution in [2.45, 2.75) is 19.4 Å². The third-order valence-electron chi connectivity index (χ3n) is 3.52. The zero-order valence-electron chi connectivity index (χ0n) is 13.3. The number of carbonyl (C=O) groups excluding carboxylic acids is 1. The molecule has 0 fully saturated rings. The van der Waals surface area contributed by atoms with Crippen molar-refractivity contribution in [2.24, 2.45) is 0 Å². The van der Waals surface area contributed by atoms with Crippen LogP contribution in [0.1, 0.15) is 17.5 Å². The number of amides is 1. The van der Waals surface area contributed by atoms with Gasteiger partial charge < -0.3 is 14.8 Å². The second kappa shape index (κ2) is 8.44. The lowest BCUT2D eigenvalue weighted by molar-refractivity contribution is -0.121. The topological polar surface area (TPSA) is 47.6 Å². The SMILES string of the molecule is COc1ccc(CNC(=O)CCc2ccccc2Cl)cc1OC. The fourth-order valence-electron chi connectivity index (χ4n) is 2.23. The molecule has 0 atom stereocenters. The van der Waals surface area contributed by atoms with Crippen LogP contribution < -0.4 is 14.8 Å². The Kier molecular flexibility index (Phi) is 6.29. The summed E-state index contributed by atoms with van der Waals surface area (Å²) >= 11 is 6.09. The summed E-state index contributed by atoms with van der Waals surface area (Å²) in [5.74, 6) is 1.30. The average Bonchev–Trinajstić information content (AvgIpc) is 2.58. The summed E-state index contributed by atoms with van der Waals surface area (Å²) in [6.07, 6.45) is 1.02. The highest BCUT2D eigenvalue weighted by Crippen LogP contribution is 2.27. The second-order valence-electron chi connectivity index (χ2n) is 5.06. The molecule has 23 heavy (non-hydrogen) atoms. The van der Waals surface area contributed by atoms with Gasteiger partial charge in [-0.25, -0.2) is 0 Å². The number of benzene rings is 2. The Morgan fingerprint density at radius 3 is 2.52 bits per heavy atom. The van der Waals surface area contributed by atoms with Crippen LogP contribution in [0, 0.1) is 0 Å². The van der Waals surface area contributed by atoms with Crippen molar-refractivity contribution < 1.29 is 14.3 Å². The fourth-order valence-corrected chi connectivity index (χ4v) is 2.46. The molecular weight excluding hydrogens is 314 g/mol. The van der Waals surface area contributed by atoms with E-state index in [4.69, 9.17) is 21.1 Å². The van der Waals surface area contributed by atoms with Gasteiger partial charge in [-0.1, -0.05) is 35.9 Å². The third-order valence-corrected chi connectivity index (χ3v) is 3.89. The van der Waals surface area contributed by atoms with Crippen molar-refractivity contribution in [2.75, 3.05) is 14.2 Å². The van der Waals surface area contributed by atoms with Crippen molar-refractivity contribution in [1.82, 2.24) is 5.32 Å². The number of nitrogens with one attached hydrogen (secondary N) is 1. The molecule has 4 nitrogen and oxygen atoms in total. The van der Waals surface area contributed by atoms with Gasteiger partial charge in [0.05, 0.1) is 14.2 Å². The minimum atomic E-state index is -0.0142. The maximum atomic E-state index is 12.0. The molecule has 0 bridgehead atoms. The number of aryl methyl sites for hydroxylation is 1. The molecule has 2 aromatic carbocycles. The predicted molar refractivity (Wildman–Crippen MR) is 91.2 cm³/mol. The lowest BCUT2D eigenvalue weighted by Crippen LogP contribution is -2.23. The van der Waals surface area contributed by atoms with Gasteiger partial charge in [-0.05, 0) is 35.7 Å². The van der Waals surface area contributed by atoms with E-state index in [1.807, 2.05) is 42.5 Å². The standard InChI is InChI=1S/C18H20ClNO3/c1-22-16-9-7-13(11-17(16)23-2)12-20-18(21)10-8-14-5-3-4-6-15(14)19/h3-7,9,11H,8,10,12H2,1-2H3,(H,20,21). The zero-order valence-corrected chi connectivity index (χ0v) is 14.0. The number of ether oxygens (including phenoxy) is 2. The molecule has 0 radical (unpaired) electrons. The molecule has 0 spiro atoms. The van der Waals surface area contributed by atoms with Gasteiger partial charge in [0.25, 0.3) is 0 Å². The van der Waals surface area contributed by atoms with Gasteiger partial charge in [0.15, 0.2) is 11.5 Å². The Morgan fingerprint density at radius 1 is 1.09 bits per heavy atom. The molecular formula is C18H20ClNO3. The van der Waals surface area contributed by atoms with Crippen LogP contribution in [-0.4, -0.2) is 20.1 Å². The Labute approximate surface area is 141 Å². The summed E-state index contributed by atoms with van der Waals surface area (Å²) in [5, 5.41) is 3.59. The first-order valence-electron chi connectivity index (χ1n) is 7.35. The molecule has 2 aromatic rings. The molecule has 122 valence electrons. The molecule has 0 heterocycles. The molecule has 0 aromatic heterocycles. The summed E-state index contributed by atoms with van der Waals surface area (Å²) in [6.45, 7) is 0.446. The Bertz CT molecular complexity index is 673. The largest absolute Gasteiger partial charge is 0.493 e. The predicted octanol–water partition coefficient (Wildman–Crippen LogP) is 3.61. The van der Waals surface area contributed by atoms with Crippen LogP contribution in [0.25, 0.3) is 0 Å². The maximum absolute atomic E-state index is 12.0. The third kappa shape index (κ3) is 4.89. The van der Waals surface area contributed by atoms with Crippen molar-refractivity contribution in [3.63, 3.8) is 0 Å². The molecule has 0 saturated carbocycles. The Hall–Kier alpha value is -2.20. The Morgan fingerprint density at radius 2 is 1.83 bits per heavy atom. The summed E-state index contributed by atoms with van der Waals surface area (Å²) < 4.78 is 10.4. The maximum Gasteiger partial charge on any atom is 0.220 e. The molecule has 0 unspecified atom stereocenters. The van der Waals surface area contributed by atoms with E-state index in [1.54, 1.807) is 14.2 Å². The van der Waals surface area contributed by atoms with E-state index < -0.39 is 0 Å². The molecule has 1 N–H and O–H groups in total. The summed E-state index contributed by atoms with van der Waals surface area (Å²) in [5.41, 5.74) is 1.93. The average molecular weight is 334 g/mol. The lowest BCUT2D eigenvalue weighted by Gasteiger charge is -2.10. The normalized spacial score (nSPS) is 10.2. The van der Waals surface area contributed by atoms with Gasteiger partial charge >= 0.3 is 0 Å². The van der Waals surface area contributed by atoms with Gasteiger partial charge in [-0.3, -0.25) is 4.79 Å².